The van der Waals surface area contributed by atoms with E-state index in [0.29, 0.717) is 46.8 Å². The number of urea groups is 1. The van der Waals surface area contributed by atoms with Crippen molar-refractivity contribution in [3.05, 3.63) is 50.9 Å². The molecular formula is C17H17BrCl2N2O3. The van der Waals surface area contributed by atoms with Crippen LogP contribution in [0.4, 0.5) is 10.5 Å². The maximum atomic E-state index is 11.8. The molecule has 0 aliphatic heterocycles. The van der Waals surface area contributed by atoms with Crippen LogP contribution < -0.4 is 20.1 Å². The van der Waals surface area contributed by atoms with Crippen molar-refractivity contribution in [2.75, 3.05) is 25.6 Å². The molecule has 134 valence electrons. The number of nitrogens with one attached hydrogen (secondary N) is 2. The third-order valence-corrected chi connectivity index (χ3v) is 4.25. The predicted molar refractivity (Wildman–Crippen MR) is 104 cm³/mol. The Labute approximate surface area is 164 Å². The third kappa shape index (κ3) is 6.30. The van der Waals surface area contributed by atoms with Gasteiger partial charge in [-0.25, -0.2) is 4.79 Å². The summed E-state index contributed by atoms with van der Waals surface area (Å²) >= 11 is 15.4. The van der Waals surface area contributed by atoms with Gasteiger partial charge in [-0.1, -0.05) is 39.1 Å². The van der Waals surface area contributed by atoms with E-state index in [1.807, 2.05) is 6.07 Å². The highest BCUT2D eigenvalue weighted by atomic mass is 79.9. The maximum absolute atomic E-state index is 11.8. The summed E-state index contributed by atoms with van der Waals surface area (Å²) in [5.41, 5.74) is 0.584. The molecule has 0 unspecified atom stereocenters. The fourth-order valence-corrected chi connectivity index (χ4v) is 2.95. The van der Waals surface area contributed by atoms with Gasteiger partial charge in [-0.3, -0.25) is 0 Å². The molecule has 0 heterocycles. The summed E-state index contributed by atoms with van der Waals surface area (Å²) in [6.07, 6.45) is 0.642. The highest BCUT2D eigenvalue weighted by Gasteiger charge is 2.06. The second-order valence-corrected chi connectivity index (χ2v) is 6.74. The van der Waals surface area contributed by atoms with E-state index in [-0.39, 0.29) is 6.03 Å². The molecule has 2 aromatic rings. The molecule has 0 atom stereocenters. The van der Waals surface area contributed by atoms with Crippen molar-refractivity contribution in [3.63, 3.8) is 0 Å². The number of benzene rings is 2. The molecule has 0 aliphatic rings. The van der Waals surface area contributed by atoms with Crippen LogP contribution in [0, 0.1) is 0 Å². The number of halogens is 3. The van der Waals surface area contributed by atoms with Gasteiger partial charge < -0.3 is 20.1 Å². The summed E-state index contributed by atoms with van der Waals surface area (Å²) in [4.78, 5) is 11.8. The van der Waals surface area contributed by atoms with Crippen molar-refractivity contribution in [3.8, 4) is 11.5 Å². The molecule has 0 saturated carbocycles. The van der Waals surface area contributed by atoms with Crippen molar-refractivity contribution < 1.29 is 14.3 Å². The normalized spacial score (nSPS) is 10.2. The van der Waals surface area contributed by atoms with Gasteiger partial charge in [-0.15, -0.1) is 0 Å². The first kappa shape index (κ1) is 19.7. The van der Waals surface area contributed by atoms with Crippen LogP contribution in [0.15, 0.2) is 40.9 Å². The number of ether oxygens (including phenoxy) is 2. The molecule has 2 aromatic carbocycles. The van der Waals surface area contributed by atoms with Gasteiger partial charge in [0.15, 0.2) is 0 Å². The Morgan fingerprint density at radius 2 is 1.84 bits per heavy atom. The SMILES string of the molecule is COc1ccc(NC(=O)NCCCOc2ccc(Br)cc2Cl)cc1Cl. The van der Waals surface area contributed by atoms with Crippen molar-refractivity contribution in [2.45, 2.75) is 6.42 Å². The fraction of sp³-hybridized carbons (Fsp3) is 0.235. The highest BCUT2D eigenvalue weighted by molar-refractivity contribution is 9.10. The molecule has 0 aliphatic carbocycles. The molecule has 2 amide bonds. The summed E-state index contributed by atoms with van der Waals surface area (Å²) in [5.74, 6) is 1.17. The van der Waals surface area contributed by atoms with E-state index in [2.05, 4.69) is 26.6 Å². The summed E-state index contributed by atoms with van der Waals surface area (Å²) in [7, 11) is 1.53. The maximum Gasteiger partial charge on any atom is 0.319 e. The van der Waals surface area contributed by atoms with Crippen LogP contribution in [-0.2, 0) is 0 Å². The Morgan fingerprint density at radius 3 is 2.52 bits per heavy atom. The number of methoxy groups -OCH3 is 1. The Balaban J connectivity index is 1.69. The molecule has 0 bridgehead atoms. The molecular weight excluding hydrogens is 431 g/mol. The van der Waals surface area contributed by atoms with E-state index in [9.17, 15) is 4.79 Å². The summed E-state index contributed by atoms with van der Waals surface area (Å²) < 4.78 is 11.5. The number of hydrogen-bond donors (Lipinski definition) is 2. The molecule has 25 heavy (non-hydrogen) atoms. The van der Waals surface area contributed by atoms with E-state index in [1.165, 1.54) is 7.11 Å². The summed E-state index contributed by atoms with van der Waals surface area (Å²) in [5, 5.41) is 6.41. The molecule has 5 nitrogen and oxygen atoms in total. The van der Waals surface area contributed by atoms with Crippen LogP contribution in [0.5, 0.6) is 11.5 Å². The van der Waals surface area contributed by atoms with Gasteiger partial charge in [-0.2, -0.15) is 0 Å². The van der Waals surface area contributed by atoms with Crippen molar-refractivity contribution in [2.24, 2.45) is 0 Å². The Bertz CT molecular complexity index is 744. The molecule has 8 heteroatoms. The minimum absolute atomic E-state index is 0.317. The first-order valence-corrected chi connectivity index (χ1v) is 9.00. The fourth-order valence-electron chi connectivity index (χ4n) is 1.97. The number of rotatable bonds is 7. The quantitative estimate of drug-likeness (QED) is 0.562. The lowest BCUT2D eigenvalue weighted by Gasteiger charge is -2.10. The van der Waals surface area contributed by atoms with Crippen LogP contribution in [0.25, 0.3) is 0 Å². The highest BCUT2D eigenvalue weighted by Crippen LogP contribution is 2.28. The Morgan fingerprint density at radius 1 is 1.12 bits per heavy atom. The minimum atomic E-state index is -0.317. The minimum Gasteiger partial charge on any atom is -0.495 e. The zero-order valence-electron chi connectivity index (χ0n) is 13.4. The average molecular weight is 448 g/mol. The van der Waals surface area contributed by atoms with Gasteiger partial charge in [-0.05, 0) is 42.8 Å². The number of carbonyl (C=O) groups is 1. The van der Waals surface area contributed by atoms with Crippen molar-refractivity contribution >= 4 is 50.9 Å². The zero-order chi connectivity index (χ0) is 18.2. The molecule has 0 saturated heterocycles. The van der Waals surface area contributed by atoms with Crippen LogP contribution in [0.2, 0.25) is 10.0 Å². The zero-order valence-corrected chi connectivity index (χ0v) is 16.5. The Hall–Kier alpha value is -1.63. The number of amides is 2. The topological polar surface area (TPSA) is 59.6 Å². The van der Waals surface area contributed by atoms with E-state index in [0.717, 1.165) is 4.47 Å². The van der Waals surface area contributed by atoms with E-state index in [4.69, 9.17) is 32.7 Å². The van der Waals surface area contributed by atoms with E-state index in [1.54, 1.807) is 30.3 Å². The second-order valence-electron chi connectivity index (χ2n) is 5.01. The first-order valence-electron chi connectivity index (χ1n) is 7.46. The lowest BCUT2D eigenvalue weighted by molar-refractivity contribution is 0.250. The average Bonchev–Trinajstić information content (AvgIpc) is 2.56. The smallest absolute Gasteiger partial charge is 0.319 e. The molecule has 2 rings (SSSR count). The second kappa shape index (κ2) is 9.75. The lowest BCUT2D eigenvalue weighted by atomic mass is 10.3. The van der Waals surface area contributed by atoms with Crippen molar-refractivity contribution in [1.82, 2.24) is 5.32 Å². The standard InChI is InChI=1S/C17H17BrCl2N2O3/c1-24-15-6-4-12(10-14(15)20)22-17(23)21-7-2-8-25-16-5-3-11(18)9-13(16)19/h3-6,9-10H,2,7-8H2,1H3,(H2,21,22,23). The van der Waals surface area contributed by atoms with Crippen LogP contribution in [-0.4, -0.2) is 26.3 Å². The van der Waals surface area contributed by atoms with E-state index >= 15 is 0 Å². The molecule has 2 N–H and O–H groups in total. The van der Waals surface area contributed by atoms with Crippen LogP contribution in [0.3, 0.4) is 0 Å². The monoisotopic (exact) mass is 446 g/mol. The summed E-state index contributed by atoms with van der Waals surface area (Å²) in [6.45, 7) is 0.903. The molecule has 0 radical (unpaired) electrons. The van der Waals surface area contributed by atoms with Gasteiger partial charge in [0.05, 0.1) is 23.8 Å². The summed E-state index contributed by atoms with van der Waals surface area (Å²) in [6, 6.07) is 10.1. The van der Waals surface area contributed by atoms with Gasteiger partial charge in [0.25, 0.3) is 0 Å². The number of anilines is 1. The molecule has 0 fully saturated rings. The first-order chi connectivity index (χ1) is 12.0. The van der Waals surface area contributed by atoms with Crippen LogP contribution >= 0.6 is 39.1 Å². The van der Waals surface area contributed by atoms with Crippen LogP contribution in [0.1, 0.15) is 6.42 Å². The molecule has 0 spiro atoms. The van der Waals surface area contributed by atoms with Gasteiger partial charge >= 0.3 is 6.03 Å². The number of hydrogen-bond acceptors (Lipinski definition) is 3. The molecule has 0 aromatic heterocycles. The van der Waals surface area contributed by atoms with E-state index < -0.39 is 0 Å². The largest absolute Gasteiger partial charge is 0.495 e. The number of carbonyl (C=O) groups excluding carboxylic acids is 1. The lowest BCUT2D eigenvalue weighted by Crippen LogP contribution is -2.30. The van der Waals surface area contributed by atoms with Gasteiger partial charge in [0.2, 0.25) is 0 Å². The van der Waals surface area contributed by atoms with Gasteiger partial charge in [0, 0.05) is 16.7 Å². The Kier molecular flexibility index (Phi) is 7.68. The predicted octanol–water partition coefficient (Wildman–Crippen LogP) is 5.36. The third-order valence-electron chi connectivity index (χ3n) is 3.17. The van der Waals surface area contributed by atoms with Gasteiger partial charge in [0.1, 0.15) is 11.5 Å². The van der Waals surface area contributed by atoms with Crippen molar-refractivity contribution in [1.29, 1.82) is 0 Å².